The molecule has 0 unspecified atom stereocenters. The summed E-state index contributed by atoms with van der Waals surface area (Å²) >= 11 is 0. The summed E-state index contributed by atoms with van der Waals surface area (Å²) in [4.78, 5) is 0. The molecular weight excluding hydrogens is 233 g/mol. The first-order valence-electron chi connectivity index (χ1n) is 6.36. The molecule has 1 aromatic carbocycles. The molecule has 0 spiro atoms. The van der Waals surface area contributed by atoms with E-state index in [1.54, 1.807) is 13.0 Å². The summed E-state index contributed by atoms with van der Waals surface area (Å²) in [6.45, 7) is 1.67. The minimum Gasteiger partial charge on any atom is -0.490 e. The van der Waals surface area contributed by atoms with E-state index in [-0.39, 0.29) is 11.9 Å². The van der Waals surface area contributed by atoms with E-state index in [4.69, 9.17) is 9.94 Å². The summed E-state index contributed by atoms with van der Waals surface area (Å²) < 4.78 is 19.1. The molecule has 1 fully saturated rings. The molecule has 1 aliphatic carbocycles. The summed E-state index contributed by atoms with van der Waals surface area (Å²) in [6, 6.07) is 4.29. The first kappa shape index (κ1) is 12.9. The Balaban J connectivity index is 2.21. The quantitative estimate of drug-likeness (QED) is 0.505. The fraction of sp³-hybridized carbons (Fsp3) is 0.500. The molecular formula is C14H18FNO2. The van der Waals surface area contributed by atoms with Crippen LogP contribution in [0.4, 0.5) is 4.39 Å². The third-order valence-corrected chi connectivity index (χ3v) is 3.33. The fourth-order valence-electron chi connectivity index (χ4n) is 2.31. The Labute approximate surface area is 106 Å². The van der Waals surface area contributed by atoms with E-state index in [1.165, 1.54) is 18.6 Å². The van der Waals surface area contributed by atoms with Crippen molar-refractivity contribution in [2.45, 2.75) is 45.1 Å². The maximum Gasteiger partial charge on any atom is 0.131 e. The van der Waals surface area contributed by atoms with Crippen molar-refractivity contribution in [3.05, 3.63) is 29.6 Å². The maximum absolute atomic E-state index is 13.3. The lowest BCUT2D eigenvalue weighted by Crippen LogP contribution is -2.20. The van der Waals surface area contributed by atoms with E-state index >= 15 is 0 Å². The molecule has 1 aromatic rings. The zero-order valence-corrected chi connectivity index (χ0v) is 10.5. The van der Waals surface area contributed by atoms with Crippen LogP contribution in [0, 0.1) is 5.82 Å². The van der Waals surface area contributed by atoms with Crippen LogP contribution in [0.2, 0.25) is 0 Å². The highest BCUT2D eigenvalue weighted by Gasteiger charge is 2.17. The Morgan fingerprint density at radius 3 is 2.72 bits per heavy atom. The lowest BCUT2D eigenvalue weighted by molar-refractivity contribution is 0.154. The first-order valence-corrected chi connectivity index (χ1v) is 6.36. The topological polar surface area (TPSA) is 41.8 Å². The summed E-state index contributed by atoms with van der Waals surface area (Å²) in [5.41, 5.74) is 1.07. The van der Waals surface area contributed by atoms with Crippen LogP contribution in [0.1, 0.15) is 44.6 Å². The van der Waals surface area contributed by atoms with Crippen molar-refractivity contribution in [3.8, 4) is 5.75 Å². The van der Waals surface area contributed by atoms with Crippen molar-refractivity contribution in [1.29, 1.82) is 0 Å². The van der Waals surface area contributed by atoms with Crippen LogP contribution in [0.25, 0.3) is 0 Å². The normalized spacial score (nSPS) is 17.8. The third-order valence-electron chi connectivity index (χ3n) is 3.33. The molecule has 3 nitrogen and oxygen atoms in total. The van der Waals surface area contributed by atoms with Gasteiger partial charge in [0.1, 0.15) is 11.6 Å². The maximum atomic E-state index is 13.3. The van der Waals surface area contributed by atoms with Gasteiger partial charge in [0.15, 0.2) is 0 Å². The van der Waals surface area contributed by atoms with Gasteiger partial charge >= 0.3 is 0 Å². The van der Waals surface area contributed by atoms with Gasteiger partial charge in [-0.15, -0.1) is 0 Å². The van der Waals surface area contributed by atoms with E-state index in [0.29, 0.717) is 17.0 Å². The second-order valence-corrected chi connectivity index (χ2v) is 4.70. The molecule has 1 aliphatic rings. The number of ether oxygens (including phenoxy) is 1. The van der Waals surface area contributed by atoms with E-state index in [9.17, 15) is 4.39 Å². The number of oxime groups is 1. The molecule has 98 valence electrons. The standard InChI is InChI=1S/C14H18FNO2/c1-10(16-17)13-8-7-11(15)9-14(13)18-12-5-3-2-4-6-12/h7-9,12,17H,2-6H2,1H3. The summed E-state index contributed by atoms with van der Waals surface area (Å²) in [6.07, 6.45) is 5.71. The molecule has 4 heteroatoms. The predicted molar refractivity (Wildman–Crippen MR) is 67.9 cm³/mol. The van der Waals surface area contributed by atoms with Crippen molar-refractivity contribution in [3.63, 3.8) is 0 Å². The summed E-state index contributed by atoms with van der Waals surface area (Å²) in [7, 11) is 0. The molecule has 0 bridgehead atoms. The lowest BCUT2D eigenvalue weighted by atomic mass is 9.97. The van der Waals surface area contributed by atoms with Gasteiger partial charge in [-0.25, -0.2) is 4.39 Å². The predicted octanol–water partition coefficient (Wildman–Crippen LogP) is 3.74. The fourth-order valence-corrected chi connectivity index (χ4v) is 2.31. The third kappa shape index (κ3) is 3.00. The highest BCUT2D eigenvalue weighted by atomic mass is 19.1. The minimum absolute atomic E-state index is 0.144. The highest BCUT2D eigenvalue weighted by Crippen LogP contribution is 2.27. The van der Waals surface area contributed by atoms with Crippen molar-refractivity contribution in [2.24, 2.45) is 5.16 Å². The largest absolute Gasteiger partial charge is 0.490 e. The zero-order valence-electron chi connectivity index (χ0n) is 10.5. The molecule has 0 aliphatic heterocycles. The average Bonchev–Trinajstić information content (AvgIpc) is 2.39. The Morgan fingerprint density at radius 2 is 2.06 bits per heavy atom. The second kappa shape index (κ2) is 5.85. The number of halogens is 1. The van der Waals surface area contributed by atoms with Crippen molar-refractivity contribution < 1.29 is 14.3 Å². The minimum atomic E-state index is -0.338. The molecule has 2 rings (SSSR count). The average molecular weight is 251 g/mol. The van der Waals surface area contributed by atoms with Crippen LogP contribution < -0.4 is 4.74 Å². The zero-order chi connectivity index (χ0) is 13.0. The Hall–Kier alpha value is -1.58. The smallest absolute Gasteiger partial charge is 0.131 e. The Bertz CT molecular complexity index is 439. The van der Waals surface area contributed by atoms with Gasteiger partial charge in [-0.05, 0) is 44.7 Å². The number of benzene rings is 1. The van der Waals surface area contributed by atoms with Crippen molar-refractivity contribution >= 4 is 5.71 Å². The van der Waals surface area contributed by atoms with Gasteiger partial charge in [0.25, 0.3) is 0 Å². The van der Waals surface area contributed by atoms with E-state index in [1.807, 2.05) is 0 Å². The molecule has 0 radical (unpaired) electrons. The number of rotatable bonds is 3. The van der Waals surface area contributed by atoms with E-state index < -0.39 is 0 Å². The van der Waals surface area contributed by atoms with Gasteiger partial charge in [-0.2, -0.15) is 0 Å². The van der Waals surface area contributed by atoms with Gasteiger partial charge < -0.3 is 9.94 Å². The number of nitrogens with zero attached hydrogens (tertiary/aromatic N) is 1. The van der Waals surface area contributed by atoms with Crippen molar-refractivity contribution in [1.82, 2.24) is 0 Å². The lowest BCUT2D eigenvalue weighted by Gasteiger charge is -2.24. The molecule has 1 saturated carbocycles. The van der Waals surface area contributed by atoms with Gasteiger partial charge in [-0.3, -0.25) is 0 Å². The molecule has 0 atom stereocenters. The highest BCUT2D eigenvalue weighted by molar-refractivity contribution is 6.00. The number of hydrogen-bond acceptors (Lipinski definition) is 3. The van der Waals surface area contributed by atoms with E-state index in [2.05, 4.69) is 5.16 Å². The first-order chi connectivity index (χ1) is 8.70. The van der Waals surface area contributed by atoms with Gasteiger partial charge in [-0.1, -0.05) is 11.6 Å². The number of hydrogen-bond donors (Lipinski definition) is 1. The van der Waals surface area contributed by atoms with Gasteiger partial charge in [0.05, 0.1) is 11.8 Å². The van der Waals surface area contributed by atoms with E-state index in [0.717, 1.165) is 25.7 Å². The molecule has 18 heavy (non-hydrogen) atoms. The van der Waals surface area contributed by atoms with Gasteiger partial charge in [0, 0.05) is 11.6 Å². The second-order valence-electron chi connectivity index (χ2n) is 4.70. The van der Waals surface area contributed by atoms with Gasteiger partial charge in [0.2, 0.25) is 0 Å². The molecule has 1 N–H and O–H groups in total. The van der Waals surface area contributed by atoms with Crippen molar-refractivity contribution in [2.75, 3.05) is 0 Å². The van der Waals surface area contributed by atoms with Crippen LogP contribution in [0.5, 0.6) is 5.75 Å². The molecule has 0 amide bonds. The van der Waals surface area contributed by atoms with Crippen LogP contribution >= 0.6 is 0 Å². The molecule has 0 saturated heterocycles. The van der Waals surface area contributed by atoms with Crippen LogP contribution in [0.15, 0.2) is 23.4 Å². The van der Waals surface area contributed by atoms with Crippen LogP contribution in [-0.2, 0) is 0 Å². The Morgan fingerprint density at radius 1 is 1.33 bits per heavy atom. The summed E-state index contributed by atoms with van der Waals surface area (Å²) in [5, 5.41) is 12.0. The summed E-state index contributed by atoms with van der Waals surface area (Å²) in [5.74, 6) is 0.132. The SMILES string of the molecule is CC(=NO)c1ccc(F)cc1OC1CCCCC1. The van der Waals surface area contributed by atoms with Crippen LogP contribution in [0.3, 0.4) is 0 Å². The molecule has 0 heterocycles. The monoisotopic (exact) mass is 251 g/mol. The molecule has 0 aromatic heterocycles. The Kier molecular flexibility index (Phi) is 4.18. The van der Waals surface area contributed by atoms with Crippen LogP contribution in [-0.4, -0.2) is 17.0 Å².